The van der Waals surface area contributed by atoms with Crippen LogP contribution in [0.4, 0.5) is 0 Å². The summed E-state index contributed by atoms with van der Waals surface area (Å²) >= 11 is 0. The molecular formula is C11H23NO3S. The molecule has 4 nitrogen and oxygen atoms in total. The van der Waals surface area contributed by atoms with Crippen LogP contribution < -0.4 is 5.32 Å². The number of aliphatic hydroxyl groups is 1. The van der Waals surface area contributed by atoms with E-state index in [2.05, 4.69) is 12.2 Å². The van der Waals surface area contributed by atoms with Gasteiger partial charge >= 0.3 is 0 Å². The van der Waals surface area contributed by atoms with E-state index in [0.717, 1.165) is 19.4 Å². The fraction of sp³-hybridized carbons (Fsp3) is 1.00. The molecule has 0 amide bonds. The Morgan fingerprint density at radius 1 is 1.62 bits per heavy atom. The largest absolute Gasteiger partial charge is 0.391 e. The van der Waals surface area contributed by atoms with Crippen LogP contribution in [0.1, 0.15) is 26.7 Å². The maximum atomic E-state index is 11.9. The highest BCUT2D eigenvalue weighted by Gasteiger charge is 2.30. The molecular weight excluding hydrogens is 226 g/mol. The molecule has 96 valence electrons. The van der Waals surface area contributed by atoms with Crippen LogP contribution in [0.25, 0.3) is 0 Å². The Hall–Kier alpha value is 0.0300. The van der Waals surface area contributed by atoms with Crippen LogP contribution in [-0.4, -0.2) is 52.2 Å². The first-order valence-corrected chi connectivity index (χ1v) is 7.41. The molecule has 4 atom stereocenters. The van der Waals surface area contributed by atoms with Crippen molar-refractivity contribution in [3.63, 3.8) is 0 Å². The summed E-state index contributed by atoms with van der Waals surface area (Å²) in [4.78, 5) is 0. The second kappa shape index (κ2) is 7.37. The van der Waals surface area contributed by atoms with Gasteiger partial charge in [-0.2, -0.15) is 0 Å². The molecule has 1 saturated heterocycles. The Kier molecular flexibility index (Phi) is 6.49. The smallest absolute Gasteiger partial charge is 0.0779 e. The van der Waals surface area contributed by atoms with E-state index in [1.807, 2.05) is 6.92 Å². The zero-order chi connectivity index (χ0) is 12.0. The molecule has 1 heterocycles. The summed E-state index contributed by atoms with van der Waals surface area (Å²) in [6, 6.07) is 0. The minimum Gasteiger partial charge on any atom is -0.391 e. The van der Waals surface area contributed by atoms with Crippen molar-refractivity contribution in [2.24, 2.45) is 0 Å². The molecule has 0 aromatic rings. The quantitative estimate of drug-likeness (QED) is 0.636. The SMILES string of the molecule is CCCNCC(O)CS(=O)C1CCOC1C. The van der Waals surface area contributed by atoms with Crippen LogP contribution >= 0.6 is 0 Å². The molecule has 0 saturated carbocycles. The highest BCUT2D eigenvalue weighted by atomic mass is 32.2. The van der Waals surface area contributed by atoms with Gasteiger partial charge in [-0.3, -0.25) is 4.21 Å². The number of hydrogen-bond donors (Lipinski definition) is 2. The topological polar surface area (TPSA) is 58.6 Å². The lowest BCUT2D eigenvalue weighted by molar-refractivity contribution is 0.126. The summed E-state index contributed by atoms with van der Waals surface area (Å²) in [5.74, 6) is 0.356. The van der Waals surface area contributed by atoms with Crippen LogP contribution in [-0.2, 0) is 15.5 Å². The highest BCUT2D eigenvalue weighted by Crippen LogP contribution is 2.19. The van der Waals surface area contributed by atoms with Gasteiger partial charge in [0.05, 0.1) is 23.2 Å². The van der Waals surface area contributed by atoms with Gasteiger partial charge in [0.15, 0.2) is 0 Å². The maximum absolute atomic E-state index is 11.9. The average Bonchev–Trinajstić information content (AvgIpc) is 2.65. The monoisotopic (exact) mass is 249 g/mol. The predicted octanol–water partition coefficient (Wildman–Crippen LogP) is 0.273. The van der Waals surface area contributed by atoms with E-state index in [1.165, 1.54) is 0 Å². The Labute approximate surface area is 100 Å². The third-order valence-electron chi connectivity index (χ3n) is 2.81. The maximum Gasteiger partial charge on any atom is 0.0779 e. The molecule has 1 aliphatic heterocycles. The third-order valence-corrected chi connectivity index (χ3v) is 4.82. The molecule has 16 heavy (non-hydrogen) atoms. The van der Waals surface area contributed by atoms with E-state index in [4.69, 9.17) is 4.74 Å². The summed E-state index contributed by atoms with van der Waals surface area (Å²) in [5.41, 5.74) is 0. The number of aliphatic hydroxyl groups excluding tert-OH is 1. The standard InChI is InChI=1S/C11H23NO3S/c1-3-5-12-7-10(13)8-16(14)11-4-6-15-9(11)2/h9-13H,3-8H2,1-2H3. The van der Waals surface area contributed by atoms with Gasteiger partial charge in [0.1, 0.15) is 0 Å². The lowest BCUT2D eigenvalue weighted by atomic mass is 10.3. The van der Waals surface area contributed by atoms with Crippen molar-refractivity contribution in [1.29, 1.82) is 0 Å². The molecule has 0 aromatic carbocycles. The first kappa shape index (κ1) is 14.1. The molecule has 0 bridgehead atoms. The number of hydrogen-bond acceptors (Lipinski definition) is 4. The van der Waals surface area contributed by atoms with Crippen molar-refractivity contribution in [3.05, 3.63) is 0 Å². The first-order chi connectivity index (χ1) is 7.65. The fourth-order valence-electron chi connectivity index (χ4n) is 1.87. The molecule has 5 heteroatoms. The van der Waals surface area contributed by atoms with Gasteiger partial charge in [-0.15, -0.1) is 0 Å². The zero-order valence-electron chi connectivity index (χ0n) is 10.1. The Morgan fingerprint density at radius 2 is 2.38 bits per heavy atom. The molecule has 4 unspecified atom stereocenters. The van der Waals surface area contributed by atoms with Gasteiger partial charge in [-0.1, -0.05) is 6.92 Å². The molecule has 0 spiro atoms. The van der Waals surface area contributed by atoms with Crippen LogP contribution in [0.15, 0.2) is 0 Å². The van der Waals surface area contributed by atoms with Crippen molar-refractivity contribution >= 4 is 10.8 Å². The van der Waals surface area contributed by atoms with Crippen LogP contribution in [0.2, 0.25) is 0 Å². The van der Waals surface area contributed by atoms with E-state index in [0.29, 0.717) is 18.9 Å². The molecule has 0 aromatic heterocycles. The van der Waals surface area contributed by atoms with Gasteiger partial charge in [-0.25, -0.2) is 0 Å². The molecule has 1 rings (SSSR count). The summed E-state index contributed by atoms with van der Waals surface area (Å²) in [7, 11) is -0.976. The normalized spacial score (nSPS) is 29.2. The van der Waals surface area contributed by atoms with Crippen molar-refractivity contribution in [3.8, 4) is 0 Å². The van der Waals surface area contributed by atoms with Gasteiger partial charge in [0.25, 0.3) is 0 Å². The average molecular weight is 249 g/mol. The zero-order valence-corrected chi connectivity index (χ0v) is 11.0. The second-order valence-corrected chi connectivity index (χ2v) is 6.01. The van der Waals surface area contributed by atoms with Crippen molar-refractivity contribution in [2.75, 3.05) is 25.4 Å². The van der Waals surface area contributed by atoms with Gasteiger partial charge < -0.3 is 15.2 Å². The van der Waals surface area contributed by atoms with Crippen molar-refractivity contribution in [2.45, 2.75) is 44.1 Å². The summed E-state index contributed by atoms with van der Waals surface area (Å²) in [6.07, 6.45) is 1.45. The van der Waals surface area contributed by atoms with E-state index in [1.54, 1.807) is 0 Å². The Balaban J connectivity index is 2.22. The predicted molar refractivity (Wildman–Crippen MR) is 66.0 cm³/mol. The number of rotatable bonds is 7. The lowest BCUT2D eigenvalue weighted by Gasteiger charge is -2.16. The van der Waals surface area contributed by atoms with Crippen molar-refractivity contribution in [1.82, 2.24) is 5.32 Å². The molecule has 0 aliphatic carbocycles. The Bertz CT molecular complexity index is 225. The second-order valence-electron chi connectivity index (χ2n) is 4.31. The molecule has 1 aliphatic rings. The van der Waals surface area contributed by atoms with Crippen LogP contribution in [0.3, 0.4) is 0 Å². The summed E-state index contributed by atoms with van der Waals surface area (Å²) in [6.45, 7) is 6.16. The van der Waals surface area contributed by atoms with Crippen LogP contribution in [0, 0.1) is 0 Å². The highest BCUT2D eigenvalue weighted by molar-refractivity contribution is 7.85. The molecule has 2 N–H and O–H groups in total. The molecule has 0 radical (unpaired) electrons. The minimum atomic E-state index is -0.976. The summed E-state index contributed by atoms with van der Waals surface area (Å²) < 4.78 is 17.3. The van der Waals surface area contributed by atoms with E-state index >= 15 is 0 Å². The van der Waals surface area contributed by atoms with Gasteiger partial charge in [-0.05, 0) is 26.3 Å². The van der Waals surface area contributed by atoms with Gasteiger partial charge in [0, 0.05) is 24.0 Å². The van der Waals surface area contributed by atoms with Crippen LogP contribution in [0.5, 0.6) is 0 Å². The van der Waals surface area contributed by atoms with E-state index in [9.17, 15) is 9.32 Å². The Morgan fingerprint density at radius 3 is 2.94 bits per heavy atom. The fourth-order valence-corrected chi connectivity index (χ4v) is 3.48. The lowest BCUT2D eigenvalue weighted by Crippen LogP contribution is -2.35. The van der Waals surface area contributed by atoms with Gasteiger partial charge in [0.2, 0.25) is 0 Å². The third kappa shape index (κ3) is 4.49. The molecule has 1 fully saturated rings. The number of nitrogens with one attached hydrogen (secondary N) is 1. The minimum absolute atomic E-state index is 0.0663. The first-order valence-electron chi connectivity index (χ1n) is 6.02. The van der Waals surface area contributed by atoms with E-state index in [-0.39, 0.29) is 11.4 Å². The van der Waals surface area contributed by atoms with E-state index < -0.39 is 16.9 Å². The van der Waals surface area contributed by atoms with Crippen molar-refractivity contribution < 1.29 is 14.1 Å². The summed E-state index contributed by atoms with van der Waals surface area (Å²) in [5, 5.41) is 12.9. The number of ether oxygens (including phenoxy) is 1.